The summed E-state index contributed by atoms with van der Waals surface area (Å²) in [5.74, 6) is 0. The van der Waals surface area contributed by atoms with Gasteiger partial charge in [0.25, 0.3) is 10.1 Å². The van der Waals surface area contributed by atoms with Crippen LogP contribution in [0.1, 0.15) is 0 Å². The Labute approximate surface area is 235 Å². The van der Waals surface area contributed by atoms with Gasteiger partial charge in [0.05, 0.1) is 20.8 Å². The molecule has 0 spiro atoms. The molecule has 0 aliphatic carbocycles. The maximum absolute atomic E-state index is 13.0. The molecule has 0 amide bonds. The van der Waals surface area contributed by atoms with Crippen LogP contribution >= 0.6 is 0 Å². The molecule has 0 unspecified atom stereocenters. The van der Waals surface area contributed by atoms with Crippen molar-refractivity contribution in [3.8, 4) is 0 Å². The maximum Gasteiger partial charge on any atom is 1.00 e. The number of benzene rings is 3. The summed E-state index contributed by atoms with van der Waals surface area (Å²) in [6.07, 6.45) is 0. The van der Waals surface area contributed by atoms with Crippen molar-refractivity contribution in [1.82, 2.24) is 9.97 Å². The number of nitrogens with one attached hydrogen (secondary N) is 2. The van der Waals surface area contributed by atoms with Crippen molar-refractivity contribution in [1.29, 1.82) is 0 Å². The summed E-state index contributed by atoms with van der Waals surface area (Å²) in [5.41, 5.74) is 0.0561. The molecule has 5 rings (SSSR count). The number of aromatic amines is 2. The molecule has 0 saturated heterocycles. The van der Waals surface area contributed by atoms with E-state index >= 15 is 0 Å². The predicted octanol–water partition coefficient (Wildman–Crippen LogP) is -4.17. The molecule has 0 radical (unpaired) electrons. The Kier molecular flexibility index (Phi) is 7.26. The second-order valence-electron chi connectivity index (χ2n) is 7.20. The third-order valence-corrected chi connectivity index (χ3v) is 6.92. The van der Waals surface area contributed by atoms with Crippen molar-refractivity contribution in [2.45, 2.75) is 9.79 Å². The fraction of sp³-hybridized carbons (Fsp3) is 0. The topological polar surface area (TPSA) is 177 Å². The van der Waals surface area contributed by atoms with Crippen LogP contribution in [0.2, 0.25) is 0 Å². The summed E-state index contributed by atoms with van der Waals surface area (Å²) >= 11 is 0. The summed E-state index contributed by atoms with van der Waals surface area (Å²) in [5, 5.41) is 0.330. The van der Waals surface area contributed by atoms with E-state index in [9.17, 15) is 35.5 Å². The predicted molar refractivity (Wildman–Crippen MR) is 115 cm³/mol. The minimum absolute atomic E-state index is 0. The zero-order valence-electron chi connectivity index (χ0n) is 17.7. The van der Waals surface area contributed by atoms with E-state index in [1.54, 1.807) is 0 Å². The molecule has 0 atom stereocenters. The number of aromatic nitrogens is 2. The van der Waals surface area contributed by atoms with Gasteiger partial charge in [-0.15, -0.1) is 0 Å². The van der Waals surface area contributed by atoms with Crippen LogP contribution in [0.15, 0.2) is 67.9 Å². The third kappa shape index (κ3) is 4.51. The van der Waals surface area contributed by atoms with Crippen LogP contribution in [0.4, 0.5) is 0 Å². The van der Waals surface area contributed by atoms with Gasteiger partial charge in [-0.05, 0) is 48.5 Å². The van der Waals surface area contributed by atoms with Crippen molar-refractivity contribution in [3.05, 3.63) is 69.0 Å². The molecule has 3 aromatic carbocycles. The molecule has 0 aliphatic heterocycles. The number of hydrogen-bond acceptors (Lipinski definition) is 7. The Bertz CT molecular complexity index is 1840. The molecule has 10 nitrogen and oxygen atoms in total. The van der Waals surface area contributed by atoms with Crippen LogP contribution in [-0.2, 0) is 20.2 Å². The average molecular weight is 517 g/mol. The quantitative estimate of drug-likeness (QED) is 0.120. The van der Waals surface area contributed by atoms with E-state index in [1.807, 2.05) is 0 Å². The molecular weight excluding hydrogens is 506 g/mol. The van der Waals surface area contributed by atoms with E-state index in [-0.39, 0.29) is 103 Å². The monoisotopic (exact) mass is 517 g/mol. The van der Waals surface area contributed by atoms with Crippen LogP contribution in [-0.4, -0.2) is 35.9 Å². The maximum atomic E-state index is 13.0. The SMILES string of the molecule is O=c1c2cc(S(=O)(=O)[O-])ccc2[nH]c2cc3c(=O)c4cc(S(=O)(=O)O)ccc4[nH]c3cc12.[Na+].[Na+]. The number of hydrogen-bond donors (Lipinski definition) is 3. The van der Waals surface area contributed by atoms with Crippen LogP contribution < -0.4 is 70.0 Å². The van der Waals surface area contributed by atoms with Gasteiger partial charge < -0.3 is 14.5 Å². The second-order valence-corrected chi connectivity index (χ2v) is 10.00. The number of fused-ring (bicyclic) bond motifs is 4. The Balaban J connectivity index is 0.00000162. The van der Waals surface area contributed by atoms with E-state index in [4.69, 9.17) is 0 Å². The Morgan fingerprint density at radius 3 is 1.41 bits per heavy atom. The van der Waals surface area contributed by atoms with E-state index in [0.717, 1.165) is 24.3 Å². The standard InChI is InChI=1S/C20H12N2O8S2.2Na/c23-19-11-5-9(31(25,26)27)1-3-15(11)21-17-7-14-18(8-13(17)19)22-16-4-2-10(32(28,29)30)6-12(16)20(14)24;;/h1-8H,(H,21,23)(H,22,24)(H,25,26,27)(H,28,29,30);;/q;2*+1/p-1. The van der Waals surface area contributed by atoms with Crippen molar-refractivity contribution in [2.75, 3.05) is 0 Å². The summed E-state index contributed by atoms with van der Waals surface area (Å²) < 4.78 is 66.0. The molecule has 162 valence electrons. The zero-order chi connectivity index (χ0) is 23.0. The van der Waals surface area contributed by atoms with Gasteiger partial charge in [0, 0.05) is 32.6 Å². The smallest absolute Gasteiger partial charge is 0.744 e. The zero-order valence-corrected chi connectivity index (χ0v) is 23.4. The van der Waals surface area contributed by atoms with Gasteiger partial charge in [-0.1, -0.05) is 0 Å². The molecule has 0 fully saturated rings. The fourth-order valence-corrected chi connectivity index (χ4v) is 4.72. The van der Waals surface area contributed by atoms with Gasteiger partial charge in [0.2, 0.25) is 0 Å². The van der Waals surface area contributed by atoms with Crippen molar-refractivity contribution >= 4 is 63.8 Å². The average Bonchev–Trinajstić information content (AvgIpc) is 2.71. The molecule has 0 saturated carbocycles. The van der Waals surface area contributed by atoms with Gasteiger partial charge in [0.15, 0.2) is 10.9 Å². The third-order valence-electron chi connectivity index (χ3n) is 5.24. The summed E-state index contributed by atoms with van der Waals surface area (Å²) in [6.45, 7) is 0. The minimum Gasteiger partial charge on any atom is -0.744 e. The molecule has 0 bridgehead atoms. The van der Waals surface area contributed by atoms with E-state index < -0.39 is 40.9 Å². The van der Waals surface area contributed by atoms with Gasteiger partial charge in [-0.25, -0.2) is 8.42 Å². The summed E-state index contributed by atoms with van der Waals surface area (Å²) in [4.78, 5) is 31.0. The molecule has 2 aromatic heterocycles. The first kappa shape index (κ1) is 27.0. The van der Waals surface area contributed by atoms with Gasteiger partial charge in [0.1, 0.15) is 10.1 Å². The van der Waals surface area contributed by atoms with Crippen molar-refractivity contribution in [2.24, 2.45) is 0 Å². The first-order valence-electron chi connectivity index (χ1n) is 8.96. The first-order valence-corrected chi connectivity index (χ1v) is 11.8. The van der Waals surface area contributed by atoms with Gasteiger partial charge in [-0.3, -0.25) is 14.1 Å². The Morgan fingerprint density at radius 2 is 1.00 bits per heavy atom. The van der Waals surface area contributed by atoms with Crippen molar-refractivity contribution < 1.29 is 85.1 Å². The molecule has 34 heavy (non-hydrogen) atoms. The molecular formula is C20H11N2Na2O8S2+. The normalized spacial score (nSPS) is 12.1. The van der Waals surface area contributed by atoms with Crippen LogP contribution in [0.3, 0.4) is 0 Å². The summed E-state index contributed by atoms with van der Waals surface area (Å²) in [7, 11) is -9.26. The number of pyridine rings is 2. The molecule has 3 N–H and O–H groups in total. The second kappa shape index (κ2) is 9.13. The van der Waals surface area contributed by atoms with Crippen LogP contribution in [0.5, 0.6) is 0 Å². The number of rotatable bonds is 2. The minimum atomic E-state index is -4.75. The largest absolute Gasteiger partial charge is 1.00 e. The fourth-order valence-electron chi connectivity index (χ4n) is 3.72. The Morgan fingerprint density at radius 1 is 0.618 bits per heavy atom. The van der Waals surface area contributed by atoms with Crippen LogP contribution in [0, 0.1) is 0 Å². The van der Waals surface area contributed by atoms with E-state index in [1.165, 1.54) is 24.3 Å². The molecule has 14 heteroatoms. The molecule has 2 heterocycles. The van der Waals surface area contributed by atoms with Crippen LogP contribution in [0.25, 0.3) is 43.6 Å². The van der Waals surface area contributed by atoms with Gasteiger partial charge in [-0.2, -0.15) is 8.42 Å². The first-order chi connectivity index (χ1) is 14.9. The molecule has 0 aliphatic rings. The summed E-state index contributed by atoms with van der Waals surface area (Å²) in [6, 6.07) is 9.70. The Hall–Kier alpha value is -1.58. The number of H-pyrrole nitrogens is 2. The van der Waals surface area contributed by atoms with Crippen molar-refractivity contribution in [3.63, 3.8) is 0 Å². The van der Waals surface area contributed by atoms with E-state index in [2.05, 4.69) is 9.97 Å². The molecule has 5 aromatic rings. The van der Waals surface area contributed by atoms with Gasteiger partial charge >= 0.3 is 59.1 Å². The van der Waals surface area contributed by atoms with E-state index in [0.29, 0.717) is 0 Å².